The molecule has 110 valence electrons. The van der Waals surface area contributed by atoms with Gasteiger partial charge in [0.05, 0.1) is 22.1 Å². The summed E-state index contributed by atoms with van der Waals surface area (Å²) in [5.74, 6) is 0. The van der Waals surface area contributed by atoms with Gasteiger partial charge in [0.15, 0.2) is 16.3 Å². The monoisotopic (exact) mass is 288 g/mol. The Morgan fingerprint density at radius 3 is 2.00 bits per heavy atom. The molecule has 0 aliphatic heterocycles. The van der Waals surface area contributed by atoms with E-state index in [-0.39, 0.29) is 5.69 Å². The summed E-state index contributed by atoms with van der Waals surface area (Å²) in [6, 6.07) is 5.99. The van der Waals surface area contributed by atoms with Gasteiger partial charge in [0.2, 0.25) is 0 Å². The first-order chi connectivity index (χ1) is 9.79. The lowest BCUT2D eigenvalue weighted by atomic mass is 10.3. The number of pyridine rings is 2. The average Bonchev–Trinajstić information content (AvgIpc) is 2.41. The van der Waals surface area contributed by atoms with Crippen molar-refractivity contribution in [1.29, 1.82) is 0 Å². The summed E-state index contributed by atoms with van der Waals surface area (Å²) in [6.45, 7) is 6.53. The summed E-state index contributed by atoms with van der Waals surface area (Å²) in [5.41, 5.74) is 2.02. The molecule has 7 nitrogen and oxygen atoms in total. The predicted octanol–water partition coefficient (Wildman–Crippen LogP) is 1.63. The molecule has 0 aromatic carbocycles. The van der Waals surface area contributed by atoms with Crippen LogP contribution < -0.4 is 10.1 Å². The molecule has 7 heteroatoms. The predicted molar refractivity (Wildman–Crippen MR) is 76.4 cm³/mol. The Morgan fingerprint density at radius 2 is 1.52 bits per heavy atom. The maximum atomic E-state index is 12.1. The van der Waals surface area contributed by atoms with E-state index in [4.69, 9.17) is 0 Å². The summed E-state index contributed by atoms with van der Waals surface area (Å²) < 4.78 is 1.51. The van der Waals surface area contributed by atoms with Gasteiger partial charge in [-0.25, -0.2) is 0 Å². The molecule has 0 saturated heterocycles. The highest BCUT2D eigenvalue weighted by atomic mass is 16.5. The highest BCUT2D eigenvalue weighted by molar-refractivity contribution is 5.29. The molecule has 0 spiro atoms. The zero-order valence-corrected chi connectivity index (χ0v) is 12.3. The van der Waals surface area contributed by atoms with Crippen molar-refractivity contribution in [2.75, 3.05) is 0 Å². The van der Waals surface area contributed by atoms with E-state index in [2.05, 4.69) is 5.10 Å². The van der Waals surface area contributed by atoms with Crippen LogP contribution in [0.2, 0.25) is 0 Å². The highest BCUT2D eigenvalue weighted by Gasteiger charge is 2.19. The number of aryl methyl sites for hydroxylation is 4. The molecular formula is C14H16N4O3. The van der Waals surface area contributed by atoms with Gasteiger partial charge < -0.3 is 15.1 Å². The molecular weight excluding hydrogens is 272 g/mol. The lowest BCUT2D eigenvalue weighted by Gasteiger charge is -2.17. The fourth-order valence-corrected chi connectivity index (χ4v) is 2.06. The molecule has 0 bridgehead atoms. The van der Waals surface area contributed by atoms with Crippen LogP contribution >= 0.6 is 0 Å². The van der Waals surface area contributed by atoms with Gasteiger partial charge in [-0.3, -0.25) is 0 Å². The third-order valence-electron chi connectivity index (χ3n) is 3.14. The molecule has 2 rings (SSSR count). The van der Waals surface area contributed by atoms with Crippen LogP contribution in [0.3, 0.4) is 0 Å². The lowest BCUT2D eigenvalue weighted by molar-refractivity contribution is -0.620. The first-order valence-corrected chi connectivity index (χ1v) is 6.40. The smallest absolute Gasteiger partial charge is 0.307 e. The average molecular weight is 288 g/mol. The molecule has 0 fully saturated rings. The number of nitrogens with zero attached hydrogens (tertiary/aromatic N) is 4. The minimum Gasteiger partial charge on any atom is -0.806 e. The van der Waals surface area contributed by atoms with E-state index in [0.717, 1.165) is 9.46 Å². The van der Waals surface area contributed by atoms with Gasteiger partial charge in [-0.15, -0.1) is 0 Å². The second-order valence-electron chi connectivity index (χ2n) is 4.95. The second kappa shape index (κ2) is 5.35. The number of hydrogen-bond acceptors (Lipinski definition) is 3. The zero-order chi connectivity index (χ0) is 15.7. The van der Waals surface area contributed by atoms with E-state index >= 15 is 0 Å². The van der Waals surface area contributed by atoms with Crippen molar-refractivity contribution in [3.8, 4) is 0 Å². The Kier molecular flexibility index (Phi) is 3.75. The van der Waals surface area contributed by atoms with Gasteiger partial charge in [-0.1, -0.05) is 0 Å². The Morgan fingerprint density at radius 1 is 1.05 bits per heavy atom. The van der Waals surface area contributed by atoms with Crippen molar-refractivity contribution in [3.63, 3.8) is 0 Å². The van der Waals surface area contributed by atoms with Crippen molar-refractivity contribution in [2.45, 2.75) is 27.7 Å². The van der Waals surface area contributed by atoms with Gasteiger partial charge in [-0.05, 0) is 26.0 Å². The maximum absolute atomic E-state index is 12.1. The van der Waals surface area contributed by atoms with Crippen LogP contribution in [0.25, 0.3) is 0 Å². The molecule has 0 radical (unpaired) electrons. The molecule has 0 N–H and O–H groups in total. The molecule has 2 aromatic heterocycles. The van der Waals surface area contributed by atoms with Crippen LogP contribution in [0.4, 0.5) is 5.69 Å². The van der Waals surface area contributed by atoms with Crippen LogP contribution in [0.1, 0.15) is 22.8 Å². The topological polar surface area (TPSA) is 87.4 Å². The van der Waals surface area contributed by atoms with E-state index in [1.807, 2.05) is 0 Å². The minimum atomic E-state index is 0.270. The molecule has 0 saturated carbocycles. The van der Waals surface area contributed by atoms with E-state index in [0.29, 0.717) is 33.0 Å². The van der Waals surface area contributed by atoms with Gasteiger partial charge in [0, 0.05) is 25.2 Å². The summed E-state index contributed by atoms with van der Waals surface area (Å²) in [4.78, 5) is 12.5. The quantitative estimate of drug-likeness (QED) is 0.478. The number of hydrogen-bond donors (Lipinski definition) is 0. The van der Waals surface area contributed by atoms with E-state index in [1.165, 1.54) is 24.3 Å². The summed E-state index contributed by atoms with van der Waals surface area (Å²) in [5, 5.41) is 27.4. The first kappa shape index (κ1) is 14.7. The molecule has 21 heavy (non-hydrogen) atoms. The van der Waals surface area contributed by atoms with Crippen molar-refractivity contribution in [3.05, 3.63) is 67.7 Å². The molecule has 2 heterocycles. The Balaban J connectivity index is 2.49. The maximum Gasteiger partial charge on any atom is 0.307 e. The standard InChI is InChI=1S/C14H16N4O3/c1-9-5-13(6-10(2)16(9)19)15-18(21)14-7-11(3)17(20)12(4)8-14/h5-8H,1-4H3. The van der Waals surface area contributed by atoms with Crippen molar-refractivity contribution in [2.24, 2.45) is 5.10 Å². The van der Waals surface area contributed by atoms with Crippen molar-refractivity contribution in [1.82, 2.24) is 4.73 Å². The van der Waals surface area contributed by atoms with Crippen molar-refractivity contribution >= 4 is 5.69 Å². The Hall–Kier alpha value is -2.70. The van der Waals surface area contributed by atoms with E-state index < -0.39 is 0 Å². The fraction of sp³-hybridized carbons (Fsp3) is 0.286. The Labute approximate surface area is 121 Å². The van der Waals surface area contributed by atoms with Crippen LogP contribution in [0.15, 0.2) is 29.4 Å². The summed E-state index contributed by atoms with van der Waals surface area (Å²) in [7, 11) is 0. The molecule has 0 amide bonds. The van der Waals surface area contributed by atoms with Gasteiger partial charge >= 0.3 is 5.69 Å². The molecule has 0 unspecified atom stereocenters. The fourth-order valence-electron chi connectivity index (χ4n) is 2.06. The third-order valence-corrected chi connectivity index (χ3v) is 3.14. The minimum absolute atomic E-state index is 0.270. The van der Waals surface area contributed by atoms with Gasteiger partial charge in [-0.2, -0.15) is 4.73 Å². The lowest BCUT2D eigenvalue weighted by Crippen LogP contribution is -2.33. The first-order valence-electron chi connectivity index (χ1n) is 6.40. The number of nitroso groups, excluding NO2 is 1. The van der Waals surface area contributed by atoms with Gasteiger partial charge in [0.1, 0.15) is 5.36 Å². The Bertz CT molecular complexity index is 744. The second-order valence-corrected chi connectivity index (χ2v) is 4.95. The number of aromatic nitrogens is 2. The van der Waals surface area contributed by atoms with E-state index in [9.17, 15) is 15.3 Å². The summed E-state index contributed by atoms with van der Waals surface area (Å²) >= 11 is 0. The van der Waals surface area contributed by atoms with Crippen LogP contribution in [0.5, 0.6) is 0 Å². The SMILES string of the molecule is Cc1cc(=N[N+](=O)c2cc(C)[n+]([O-])c(C)c2)cc(C)n1[O-]. The zero-order valence-electron chi connectivity index (χ0n) is 12.3. The normalized spacial score (nSPS) is 10.5. The number of rotatable bonds is 2. The largest absolute Gasteiger partial charge is 0.806 e. The molecule has 2 aromatic rings. The molecule has 0 atom stereocenters. The van der Waals surface area contributed by atoms with E-state index in [1.54, 1.807) is 27.7 Å². The molecule has 0 aliphatic carbocycles. The highest BCUT2D eigenvalue weighted by Crippen LogP contribution is 2.12. The van der Waals surface area contributed by atoms with Crippen LogP contribution in [-0.4, -0.2) is 9.60 Å². The van der Waals surface area contributed by atoms with Crippen molar-refractivity contribution < 1.29 is 9.60 Å². The van der Waals surface area contributed by atoms with Gasteiger partial charge in [0.25, 0.3) is 0 Å². The molecule has 0 aliphatic rings. The van der Waals surface area contributed by atoms with Crippen LogP contribution in [-0.2, 0) is 0 Å². The summed E-state index contributed by atoms with van der Waals surface area (Å²) in [6.07, 6.45) is 0. The van der Waals surface area contributed by atoms with Crippen LogP contribution in [0, 0.1) is 43.0 Å². The third kappa shape index (κ3) is 2.91.